The summed E-state index contributed by atoms with van der Waals surface area (Å²) in [5, 5.41) is 2.12. The van der Waals surface area contributed by atoms with Crippen molar-refractivity contribution in [1.29, 1.82) is 0 Å². The summed E-state index contributed by atoms with van der Waals surface area (Å²) in [6.07, 6.45) is 0.977. The minimum atomic E-state index is 0.190. The summed E-state index contributed by atoms with van der Waals surface area (Å²) in [6, 6.07) is 8.07. The van der Waals surface area contributed by atoms with Crippen molar-refractivity contribution >= 4 is 17.2 Å². The first-order valence-electron chi connectivity index (χ1n) is 8.09. The predicted octanol–water partition coefficient (Wildman–Crippen LogP) is 2.49. The topological polar surface area (TPSA) is 42.0 Å². The number of likely N-dealkylation sites (N-methyl/N-ethyl adjacent to an activating group) is 1. The number of ether oxygens (including phenoxy) is 2. The van der Waals surface area contributed by atoms with Gasteiger partial charge in [0.15, 0.2) is 11.5 Å². The summed E-state index contributed by atoms with van der Waals surface area (Å²) in [5.41, 5.74) is 2.42. The third kappa shape index (κ3) is 3.12. The van der Waals surface area contributed by atoms with Crippen LogP contribution >= 0.6 is 11.3 Å². The molecule has 2 aliphatic heterocycles. The Bertz CT molecular complexity index is 758. The van der Waals surface area contributed by atoms with Crippen LogP contribution in [0.2, 0.25) is 0 Å². The van der Waals surface area contributed by atoms with E-state index in [1.165, 1.54) is 10.4 Å². The first-order valence-corrected chi connectivity index (χ1v) is 8.97. The molecule has 4 rings (SSSR count). The molecule has 0 saturated carbocycles. The van der Waals surface area contributed by atoms with Gasteiger partial charge >= 0.3 is 0 Å². The lowest BCUT2D eigenvalue weighted by Crippen LogP contribution is -2.41. The van der Waals surface area contributed by atoms with E-state index < -0.39 is 0 Å². The summed E-state index contributed by atoms with van der Waals surface area (Å²) in [7, 11) is 1.97. The standard InChI is InChI=1S/C18H20N2O3S/c1-19(9-13-2-3-15-16(8-13)23-12-22-15)11-18(21)20-6-4-17-14(10-20)5-7-24-17/h2-3,5,7-8H,4,6,9-12H2,1H3. The molecular formula is C18H20N2O3S. The zero-order valence-corrected chi connectivity index (χ0v) is 14.5. The van der Waals surface area contributed by atoms with Crippen molar-refractivity contribution in [3.63, 3.8) is 0 Å². The normalized spacial score (nSPS) is 15.7. The highest BCUT2D eigenvalue weighted by molar-refractivity contribution is 7.10. The van der Waals surface area contributed by atoms with Crippen molar-refractivity contribution in [3.8, 4) is 11.5 Å². The fourth-order valence-corrected chi connectivity index (χ4v) is 4.09. The van der Waals surface area contributed by atoms with Crippen LogP contribution in [-0.2, 0) is 24.3 Å². The minimum absolute atomic E-state index is 0.190. The SMILES string of the molecule is CN(CC(=O)N1CCc2sccc2C1)Cc1ccc2c(c1)OCO2. The molecule has 0 bridgehead atoms. The molecular weight excluding hydrogens is 324 g/mol. The molecule has 24 heavy (non-hydrogen) atoms. The number of hydrogen-bond acceptors (Lipinski definition) is 5. The Kier molecular flexibility index (Phi) is 4.16. The number of carbonyl (C=O) groups excluding carboxylic acids is 1. The number of amides is 1. The van der Waals surface area contributed by atoms with Crippen LogP contribution in [0.25, 0.3) is 0 Å². The summed E-state index contributed by atoms with van der Waals surface area (Å²) in [6.45, 7) is 2.99. The molecule has 0 N–H and O–H groups in total. The lowest BCUT2D eigenvalue weighted by Gasteiger charge is -2.29. The average Bonchev–Trinajstić information content (AvgIpc) is 3.22. The molecule has 0 unspecified atom stereocenters. The van der Waals surface area contributed by atoms with E-state index in [1.54, 1.807) is 11.3 Å². The van der Waals surface area contributed by atoms with Crippen molar-refractivity contribution in [3.05, 3.63) is 45.6 Å². The molecule has 0 spiro atoms. The summed E-state index contributed by atoms with van der Waals surface area (Å²) in [5.74, 6) is 1.76. The van der Waals surface area contributed by atoms with E-state index >= 15 is 0 Å². The summed E-state index contributed by atoms with van der Waals surface area (Å²) >= 11 is 1.79. The van der Waals surface area contributed by atoms with Crippen molar-refractivity contribution in [2.45, 2.75) is 19.5 Å². The fourth-order valence-electron chi connectivity index (χ4n) is 3.20. The first kappa shape index (κ1) is 15.5. The average molecular weight is 344 g/mol. The van der Waals surface area contributed by atoms with E-state index in [4.69, 9.17) is 9.47 Å². The third-order valence-electron chi connectivity index (χ3n) is 4.46. The molecule has 6 heteroatoms. The van der Waals surface area contributed by atoms with Gasteiger partial charge in [-0.2, -0.15) is 0 Å². The molecule has 1 aromatic heterocycles. The van der Waals surface area contributed by atoms with E-state index in [1.807, 2.05) is 35.0 Å². The molecule has 0 saturated heterocycles. The number of hydrogen-bond donors (Lipinski definition) is 0. The molecule has 0 atom stereocenters. The second-order valence-electron chi connectivity index (χ2n) is 6.29. The Labute approximate surface area is 145 Å². The Morgan fingerprint density at radius 2 is 2.17 bits per heavy atom. The number of fused-ring (bicyclic) bond motifs is 2. The van der Waals surface area contributed by atoms with Crippen molar-refractivity contribution in [1.82, 2.24) is 9.80 Å². The molecule has 1 amide bonds. The molecule has 0 radical (unpaired) electrons. The van der Waals surface area contributed by atoms with Gasteiger partial charge in [-0.3, -0.25) is 9.69 Å². The summed E-state index contributed by atoms with van der Waals surface area (Å²) in [4.78, 5) is 18.0. The largest absolute Gasteiger partial charge is 0.454 e. The monoisotopic (exact) mass is 344 g/mol. The molecule has 2 aliphatic rings. The highest BCUT2D eigenvalue weighted by Gasteiger charge is 2.22. The number of carbonyl (C=O) groups is 1. The van der Waals surface area contributed by atoms with Crippen LogP contribution in [-0.4, -0.2) is 42.6 Å². The number of rotatable bonds is 4. The molecule has 3 heterocycles. The van der Waals surface area contributed by atoms with Crippen molar-refractivity contribution < 1.29 is 14.3 Å². The van der Waals surface area contributed by atoms with Crippen LogP contribution in [0.4, 0.5) is 0 Å². The van der Waals surface area contributed by atoms with Gasteiger partial charge in [0.1, 0.15) is 0 Å². The molecule has 1 aromatic carbocycles. The van der Waals surface area contributed by atoms with Gasteiger partial charge in [-0.15, -0.1) is 11.3 Å². The van der Waals surface area contributed by atoms with Crippen LogP contribution in [0.5, 0.6) is 11.5 Å². The maximum absolute atomic E-state index is 12.6. The molecule has 0 fully saturated rings. The van der Waals surface area contributed by atoms with Crippen LogP contribution in [0.15, 0.2) is 29.6 Å². The Morgan fingerprint density at radius 1 is 1.29 bits per heavy atom. The van der Waals surface area contributed by atoms with E-state index in [-0.39, 0.29) is 12.7 Å². The van der Waals surface area contributed by atoms with Gasteiger partial charge in [-0.25, -0.2) is 0 Å². The zero-order chi connectivity index (χ0) is 16.5. The highest BCUT2D eigenvalue weighted by atomic mass is 32.1. The van der Waals surface area contributed by atoms with E-state index in [2.05, 4.69) is 11.4 Å². The summed E-state index contributed by atoms with van der Waals surface area (Å²) < 4.78 is 10.7. The minimum Gasteiger partial charge on any atom is -0.454 e. The van der Waals surface area contributed by atoms with Gasteiger partial charge in [-0.1, -0.05) is 6.07 Å². The number of nitrogens with zero attached hydrogens (tertiary/aromatic N) is 2. The van der Waals surface area contributed by atoms with Gasteiger partial charge in [0, 0.05) is 24.5 Å². The Hall–Kier alpha value is -2.05. The Morgan fingerprint density at radius 3 is 3.08 bits per heavy atom. The zero-order valence-electron chi connectivity index (χ0n) is 13.7. The predicted molar refractivity (Wildman–Crippen MR) is 92.3 cm³/mol. The van der Waals surface area contributed by atoms with Crippen LogP contribution in [0.1, 0.15) is 16.0 Å². The molecule has 2 aromatic rings. The van der Waals surface area contributed by atoms with E-state index in [0.29, 0.717) is 13.1 Å². The van der Waals surface area contributed by atoms with Crippen molar-refractivity contribution in [2.75, 3.05) is 26.9 Å². The molecule has 0 aliphatic carbocycles. The smallest absolute Gasteiger partial charge is 0.237 e. The second-order valence-corrected chi connectivity index (χ2v) is 7.29. The second kappa shape index (κ2) is 6.45. The number of benzene rings is 1. The van der Waals surface area contributed by atoms with Gasteiger partial charge < -0.3 is 14.4 Å². The van der Waals surface area contributed by atoms with E-state index in [0.717, 1.165) is 36.6 Å². The van der Waals surface area contributed by atoms with Crippen LogP contribution < -0.4 is 9.47 Å². The van der Waals surface area contributed by atoms with Gasteiger partial charge in [-0.05, 0) is 48.2 Å². The van der Waals surface area contributed by atoms with Crippen LogP contribution in [0.3, 0.4) is 0 Å². The van der Waals surface area contributed by atoms with Crippen molar-refractivity contribution in [2.24, 2.45) is 0 Å². The highest BCUT2D eigenvalue weighted by Crippen LogP contribution is 2.32. The maximum atomic E-state index is 12.6. The lowest BCUT2D eigenvalue weighted by atomic mass is 10.1. The van der Waals surface area contributed by atoms with E-state index in [9.17, 15) is 4.79 Å². The lowest BCUT2D eigenvalue weighted by molar-refractivity contribution is -0.133. The van der Waals surface area contributed by atoms with Crippen LogP contribution in [0, 0.1) is 0 Å². The Balaban J connectivity index is 1.34. The molecule has 5 nitrogen and oxygen atoms in total. The quantitative estimate of drug-likeness (QED) is 0.855. The van der Waals surface area contributed by atoms with Gasteiger partial charge in [0.25, 0.3) is 0 Å². The molecule has 126 valence electrons. The van der Waals surface area contributed by atoms with Gasteiger partial charge in [0.05, 0.1) is 6.54 Å². The maximum Gasteiger partial charge on any atom is 0.237 e. The first-order chi connectivity index (χ1) is 11.7. The van der Waals surface area contributed by atoms with Gasteiger partial charge in [0.2, 0.25) is 12.7 Å². The fraction of sp³-hybridized carbons (Fsp3) is 0.389. The third-order valence-corrected chi connectivity index (χ3v) is 5.48. The number of thiophene rings is 1.